The fourth-order valence-corrected chi connectivity index (χ4v) is 3.00. The number of amides is 1. The van der Waals surface area contributed by atoms with Crippen LogP contribution in [-0.4, -0.2) is 42.2 Å². The highest BCUT2D eigenvalue weighted by Gasteiger charge is 2.16. The van der Waals surface area contributed by atoms with Crippen molar-refractivity contribution in [3.63, 3.8) is 0 Å². The van der Waals surface area contributed by atoms with E-state index < -0.39 is 0 Å². The second-order valence-corrected chi connectivity index (χ2v) is 6.77. The van der Waals surface area contributed by atoms with Gasteiger partial charge in [-0.1, -0.05) is 26.0 Å². The molecule has 3 nitrogen and oxygen atoms in total. The molecular formula is C15H22N2OS. The van der Waals surface area contributed by atoms with Crippen LogP contribution in [0.3, 0.4) is 0 Å². The first-order chi connectivity index (χ1) is 9.15. The Morgan fingerprint density at radius 3 is 2.47 bits per heavy atom. The third-order valence-electron chi connectivity index (χ3n) is 3.12. The van der Waals surface area contributed by atoms with E-state index in [1.807, 2.05) is 16.7 Å². The normalized spacial score (nSPS) is 15.8. The van der Waals surface area contributed by atoms with E-state index >= 15 is 0 Å². The molecule has 0 spiro atoms. The summed E-state index contributed by atoms with van der Waals surface area (Å²) in [7, 11) is 0. The zero-order chi connectivity index (χ0) is 13.7. The number of hydrogen-bond donors (Lipinski definition) is 1. The Hall–Kier alpha value is -1.00. The Morgan fingerprint density at radius 2 is 1.89 bits per heavy atom. The largest absolute Gasteiger partial charge is 0.340 e. The number of piperazine rings is 1. The van der Waals surface area contributed by atoms with Gasteiger partial charge in [-0.2, -0.15) is 0 Å². The molecule has 0 atom stereocenters. The molecule has 0 unspecified atom stereocenters. The molecule has 1 aromatic rings. The number of nitrogens with zero attached hydrogens (tertiary/aromatic N) is 1. The first kappa shape index (κ1) is 14.4. The van der Waals surface area contributed by atoms with Gasteiger partial charge in [0.15, 0.2) is 0 Å². The van der Waals surface area contributed by atoms with Crippen molar-refractivity contribution in [3.05, 3.63) is 29.8 Å². The molecule has 104 valence electrons. The molecule has 0 aromatic heterocycles. The molecule has 1 N–H and O–H groups in total. The maximum absolute atomic E-state index is 12.1. The summed E-state index contributed by atoms with van der Waals surface area (Å²) in [6.45, 7) is 7.87. The van der Waals surface area contributed by atoms with Gasteiger partial charge in [-0.3, -0.25) is 4.79 Å². The lowest BCUT2D eigenvalue weighted by Crippen LogP contribution is -2.46. The number of rotatable bonds is 4. The lowest BCUT2D eigenvalue weighted by atomic mass is 10.1. The zero-order valence-corrected chi connectivity index (χ0v) is 12.5. The van der Waals surface area contributed by atoms with E-state index in [9.17, 15) is 4.79 Å². The fraction of sp³-hybridized carbons (Fsp3) is 0.533. The third-order valence-corrected chi connectivity index (χ3v) is 4.14. The van der Waals surface area contributed by atoms with Crippen molar-refractivity contribution in [2.45, 2.75) is 30.4 Å². The quantitative estimate of drug-likeness (QED) is 0.857. The average Bonchev–Trinajstić information content (AvgIpc) is 2.41. The molecule has 1 amide bonds. The van der Waals surface area contributed by atoms with Crippen molar-refractivity contribution in [2.24, 2.45) is 0 Å². The number of benzene rings is 1. The summed E-state index contributed by atoms with van der Waals surface area (Å²) >= 11 is 1.85. The summed E-state index contributed by atoms with van der Waals surface area (Å²) in [6, 6.07) is 8.38. The minimum atomic E-state index is 0.241. The van der Waals surface area contributed by atoms with Crippen LogP contribution in [0.4, 0.5) is 0 Å². The lowest BCUT2D eigenvalue weighted by molar-refractivity contribution is -0.131. The summed E-state index contributed by atoms with van der Waals surface area (Å²) in [5.74, 6) is 0.241. The molecule has 1 aliphatic rings. The van der Waals surface area contributed by atoms with Gasteiger partial charge in [0, 0.05) is 36.3 Å². The van der Waals surface area contributed by atoms with E-state index in [1.165, 1.54) is 4.90 Å². The van der Waals surface area contributed by atoms with E-state index in [0.717, 1.165) is 31.7 Å². The van der Waals surface area contributed by atoms with Crippen LogP contribution in [0.1, 0.15) is 19.4 Å². The first-order valence-corrected chi connectivity index (χ1v) is 7.77. The summed E-state index contributed by atoms with van der Waals surface area (Å²) in [5.41, 5.74) is 1.11. The van der Waals surface area contributed by atoms with Gasteiger partial charge < -0.3 is 10.2 Å². The molecule has 1 saturated heterocycles. The van der Waals surface area contributed by atoms with Crippen molar-refractivity contribution in [2.75, 3.05) is 26.2 Å². The number of nitrogens with one attached hydrogen (secondary N) is 1. The molecule has 1 aliphatic heterocycles. The lowest BCUT2D eigenvalue weighted by Gasteiger charge is -2.27. The molecule has 4 heteroatoms. The predicted octanol–water partition coefficient (Wildman–Crippen LogP) is 2.16. The Labute approximate surface area is 119 Å². The number of carbonyl (C=O) groups is 1. The van der Waals surface area contributed by atoms with Crippen LogP contribution >= 0.6 is 11.8 Å². The Balaban J connectivity index is 1.89. The third kappa shape index (κ3) is 4.55. The topological polar surface area (TPSA) is 32.3 Å². The highest BCUT2D eigenvalue weighted by Crippen LogP contribution is 2.23. The van der Waals surface area contributed by atoms with Gasteiger partial charge in [-0.25, -0.2) is 0 Å². The van der Waals surface area contributed by atoms with Crippen molar-refractivity contribution in [1.82, 2.24) is 10.2 Å². The number of carbonyl (C=O) groups excluding carboxylic acids is 1. The molecule has 19 heavy (non-hydrogen) atoms. The number of thioether (sulfide) groups is 1. The SMILES string of the molecule is CC(C)Sc1ccc(CC(=O)N2CCNCC2)cc1. The van der Waals surface area contributed by atoms with Gasteiger partial charge >= 0.3 is 0 Å². The molecule has 0 aliphatic carbocycles. The summed E-state index contributed by atoms with van der Waals surface area (Å²) < 4.78 is 0. The molecule has 1 heterocycles. The van der Waals surface area contributed by atoms with Crippen molar-refractivity contribution >= 4 is 17.7 Å². The van der Waals surface area contributed by atoms with Gasteiger partial charge in [0.05, 0.1) is 6.42 Å². The molecule has 0 radical (unpaired) electrons. The summed E-state index contributed by atoms with van der Waals surface area (Å²) in [5, 5.41) is 3.85. The van der Waals surface area contributed by atoms with E-state index in [4.69, 9.17) is 0 Å². The van der Waals surface area contributed by atoms with Crippen molar-refractivity contribution < 1.29 is 4.79 Å². The van der Waals surface area contributed by atoms with Gasteiger partial charge in [0.1, 0.15) is 0 Å². The van der Waals surface area contributed by atoms with Crippen LogP contribution in [0, 0.1) is 0 Å². The fourth-order valence-electron chi connectivity index (χ4n) is 2.16. The van der Waals surface area contributed by atoms with Crippen molar-refractivity contribution in [3.8, 4) is 0 Å². The second kappa shape index (κ2) is 6.96. The molecule has 1 aromatic carbocycles. The van der Waals surface area contributed by atoms with E-state index in [1.54, 1.807) is 0 Å². The van der Waals surface area contributed by atoms with E-state index in [0.29, 0.717) is 11.7 Å². The van der Waals surface area contributed by atoms with Gasteiger partial charge in [0.2, 0.25) is 5.91 Å². The van der Waals surface area contributed by atoms with E-state index in [2.05, 4.69) is 43.4 Å². The first-order valence-electron chi connectivity index (χ1n) is 6.89. The van der Waals surface area contributed by atoms with Crippen LogP contribution in [0.2, 0.25) is 0 Å². The van der Waals surface area contributed by atoms with Crippen LogP contribution < -0.4 is 5.32 Å². The summed E-state index contributed by atoms with van der Waals surface area (Å²) in [4.78, 5) is 15.3. The maximum atomic E-state index is 12.1. The minimum absolute atomic E-state index is 0.241. The smallest absolute Gasteiger partial charge is 0.227 e. The molecule has 2 rings (SSSR count). The van der Waals surface area contributed by atoms with Crippen LogP contribution in [0.5, 0.6) is 0 Å². The van der Waals surface area contributed by atoms with Crippen LogP contribution in [-0.2, 0) is 11.2 Å². The molecule has 0 saturated carbocycles. The molecule has 0 bridgehead atoms. The molecule has 1 fully saturated rings. The highest BCUT2D eigenvalue weighted by atomic mass is 32.2. The monoisotopic (exact) mass is 278 g/mol. The van der Waals surface area contributed by atoms with Gasteiger partial charge in [-0.05, 0) is 17.7 Å². The minimum Gasteiger partial charge on any atom is -0.340 e. The Kier molecular flexibility index (Phi) is 5.28. The Bertz CT molecular complexity index is 411. The zero-order valence-electron chi connectivity index (χ0n) is 11.7. The molecular weight excluding hydrogens is 256 g/mol. The summed E-state index contributed by atoms with van der Waals surface area (Å²) in [6.07, 6.45) is 0.520. The van der Waals surface area contributed by atoms with Gasteiger partial charge in [-0.15, -0.1) is 11.8 Å². The highest BCUT2D eigenvalue weighted by molar-refractivity contribution is 7.99. The standard InChI is InChI=1S/C15H22N2OS/c1-12(2)19-14-5-3-13(4-6-14)11-15(18)17-9-7-16-8-10-17/h3-6,12,16H,7-11H2,1-2H3. The maximum Gasteiger partial charge on any atom is 0.227 e. The van der Waals surface area contributed by atoms with Crippen LogP contribution in [0.25, 0.3) is 0 Å². The number of hydrogen-bond acceptors (Lipinski definition) is 3. The average molecular weight is 278 g/mol. The van der Waals surface area contributed by atoms with E-state index in [-0.39, 0.29) is 5.91 Å². The Morgan fingerprint density at radius 1 is 1.26 bits per heavy atom. The predicted molar refractivity (Wildman–Crippen MR) is 80.6 cm³/mol. The second-order valence-electron chi connectivity index (χ2n) is 5.12. The van der Waals surface area contributed by atoms with Gasteiger partial charge in [0.25, 0.3) is 0 Å². The van der Waals surface area contributed by atoms with Crippen molar-refractivity contribution in [1.29, 1.82) is 0 Å². The van der Waals surface area contributed by atoms with Crippen LogP contribution in [0.15, 0.2) is 29.2 Å².